The fraction of sp³-hybridized carbons (Fsp3) is 0.100. The van der Waals surface area contributed by atoms with E-state index in [0.717, 1.165) is 5.56 Å². The van der Waals surface area contributed by atoms with Crippen LogP contribution in [0.2, 0.25) is 5.02 Å². The van der Waals surface area contributed by atoms with Crippen LogP contribution < -0.4 is 14.9 Å². The van der Waals surface area contributed by atoms with Crippen LogP contribution in [0.3, 0.4) is 0 Å². The van der Waals surface area contributed by atoms with E-state index in [9.17, 15) is 4.79 Å². The van der Waals surface area contributed by atoms with Crippen LogP contribution in [0.15, 0.2) is 60.0 Å². The quantitative estimate of drug-likeness (QED) is 0.508. The van der Waals surface area contributed by atoms with Crippen LogP contribution in [0.25, 0.3) is 11.3 Å². The molecule has 142 valence electrons. The lowest BCUT2D eigenvalue weighted by molar-refractivity contribution is 0.0950. The van der Waals surface area contributed by atoms with Crippen molar-refractivity contribution in [2.24, 2.45) is 5.10 Å². The van der Waals surface area contributed by atoms with Gasteiger partial charge in [0, 0.05) is 22.2 Å². The van der Waals surface area contributed by atoms with E-state index in [4.69, 9.17) is 21.1 Å². The maximum atomic E-state index is 12.3. The third-order valence-corrected chi connectivity index (χ3v) is 3.98. The number of halogens is 1. The van der Waals surface area contributed by atoms with Gasteiger partial charge in [-0.1, -0.05) is 23.7 Å². The Morgan fingerprint density at radius 1 is 1.11 bits per heavy atom. The normalized spacial score (nSPS) is 10.7. The number of hydrogen-bond donors (Lipinski definition) is 1. The number of nitrogens with one attached hydrogen (secondary N) is 1. The molecule has 3 aromatic rings. The number of hydrogen-bond acceptors (Lipinski definition) is 6. The largest absolute Gasteiger partial charge is 0.497 e. The number of rotatable bonds is 6. The predicted molar refractivity (Wildman–Crippen MR) is 107 cm³/mol. The van der Waals surface area contributed by atoms with Gasteiger partial charge in [0.2, 0.25) is 0 Å². The first-order chi connectivity index (χ1) is 13.6. The van der Waals surface area contributed by atoms with Crippen LogP contribution in [0, 0.1) is 0 Å². The minimum absolute atomic E-state index is 0.137. The summed E-state index contributed by atoms with van der Waals surface area (Å²) in [5, 5.41) is 4.54. The smallest absolute Gasteiger partial charge is 0.291 e. The Bertz CT molecular complexity index is 1000. The fourth-order valence-electron chi connectivity index (χ4n) is 2.39. The third-order valence-electron chi connectivity index (χ3n) is 3.74. The summed E-state index contributed by atoms with van der Waals surface area (Å²) in [6.07, 6.45) is 4.42. The van der Waals surface area contributed by atoms with Gasteiger partial charge in [-0.3, -0.25) is 9.78 Å². The molecule has 8 heteroatoms. The molecule has 7 nitrogen and oxygen atoms in total. The van der Waals surface area contributed by atoms with Crippen molar-refractivity contribution in [1.82, 2.24) is 15.4 Å². The van der Waals surface area contributed by atoms with Gasteiger partial charge in [-0.05, 0) is 24.3 Å². The molecule has 0 aliphatic carbocycles. The summed E-state index contributed by atoms with van der Waals surface area (Å²) >= 11 is 6.00. The number of nitrogens with zero attached hydrogens (tertiary/aromatic N) is 3. The van der Waals surface area contributed by atoms with Gasteiger partial charge < -0.3 is 9.47 Å². The maximum Gasteiger partial charge on any atom is 0.291 e. The topological polar surface area (TPSA) is 85.7 Å². The van der Waals surface area contributed by atoms with Gasteiger partial charge in [0.25, 0.3) is 5.91 Å². The van der Waals surface area contributed by atoms with E-state index in [-0.39, 0.29) is 5.69 Å². The van der Waals surface area contributed by atoms with Crippen molar-refractivity contribution in [1.29, 1.82) is 0 Å². The zero-order valence-electron chi connectivity index (χ0n) is 15.2. The van der Waals surface area contributed by atoms with Crippen LogP contribution in [-0.2, 0) is 0 Å². The van der Waals surface area contributed by atoms with Crippen molar-refractivity contribution in [3.63, 3.8) is 0 Å². The molecular weight excluding hydrogens is 380 g/mol. The van der Waals surface area contributed by atoms with Crippen molar-refractivity contribution >= 4 is 23.7 Å². The molecule has 1 amide bonds. The summed E-state index contributed by atoms with van der Waals surface area (Å²) in [5.74, 6) is 0.752. The number of methoxy groups -OCH3 is 2. The molecule has 0 unspecified atom stereocenters. The van der Waals surface area contributed by atoms with E-state index in [1.54, 1.807) is 56.8 Å². The van der Waals surface area contributed by atoms with Crippen molar-refractivity contribution < 1.29 is 14.3 Å². The number of benzene rings is 2. The summed E-state index contributed by atoms with van der Waals surface area (Å²) in [6.45, 7) is 0. The highest BCUT2D eigenvalue weighted by molar-refractivity contribution is 6.30. The number of carbonyl (C=O) groups excluding carboxylic acids is 1. The fourth-order valence-corrected chi connectivity index (χ4v) is 2.58. The van der Waals surface area contributed by atoms with Gasteiger partial charge in [-0.25, -0.2) is 10.4 Å². The summed E-state index contributed by atoms with van der Waals surface area (Å²) in [7, 11) is 3.12. The number of aromatic nitrogens is 2. The van der Waals surface area contributed by atoms with E-state index in [0.29, 0.717) is 27.8 Å². The molecule has 0 atom stereocenters. The summed E-state index contributed by atoms with van der Waals surface area (Å²) < 4.78 is 10.4. The molecule has 0 aliphatic heterocycles. The summed E-state index contributed by atoms with van der Waals surface area (Å²) in [6, 6.07) is 12.4. The Labute approximate surface area is 167 Å². The highest BCUT2D eigenvalue weighted by atomic mass is 35.5. The summed E-state index contributed by atoms with van der Waals surface area (Å²) in [5.41, 5.74) is 4.58. The highest BCUT2D eigenvalue weighted by Crippen LogP contribution is 2.22. The Balaban J connectivity index is 1.73. The minimum Gasteiger partial charge on any atom is -0.497 e. The van der Waals surface area contributed by atoms with Crippen LogP contribution in [0.5, 0.6) is 11.5 Å². The van der Waals surface area contributed by atoms with E-state index < -0.39 is 5.91 Å². The number of hydrazone groups is 1. The highest BCUT2D eigenvalue weighted by Gasteiger charge is 2.09. The Morgan fingerprint density at radius 2 is 1.86 bits per heavy atom. The Kier molecular flexibility index (Phi) is 6.18. The van der Waals surface area contributed by atoms with Crippen LogP contribution in [0.1, 0.15) is 16.1 Å². The number of amides is 1. The maximum absolute atomic E-state index is 12.3. The van der Waals surface area contributed by atoms with Crippen molar-refractivity contribution in [3.8, 4) is 22.8 Å². The van der Waals surface area contributed by atoms with Crippen molar-refractivity contribution in [2.45, 2.75) is 0 Å². The summed E-state index contributed by atoms with van der Waals surface area (Å²) in [4.78, 5) is 20.7. The van der Waals surface area contributed by atoms with Gasteiger partial charge in [0.15, 0.2) is 0 Å². The number of carbonyl (C=O) groups is 1. The first-order valence-electron chi connectivity index (χ1n) is 8.23. The average molecular weight is 397 g/mol. The molecule has 28 heavy (non-hydrogen) atoms. The molecule has 0 aliphatic rings. The number of ether oxygens (including phenoxy) is 2. The van der Waals surface area contributed by atoms with Crippen LogP contribution >= 0.6 is 11.6 Å². The first-order valence-corrected chi connectivity index (χ1v) is 8.61. The third kappa shape index (κ3) is 4.83. The molecule has 0 fully saturated rings. The van der Waals surface area contributed by atoms with E-state index >= 15 is 0 Å². The Hall–Kier alpha value is -3.45. The van der Waals surface area contributed by atoms with Gasteiger partial charge in [0.1, 0.15) is 17.2 Å². The molecule has 0 radical (unpaired) electrons. The van der Waals surface area contributed by atoms with E-state index in [1.165, 1.54) is 12.4 Å². The second-order valence-electron chi connectivity index (χ2n) is 5.65. The molecular formula is C20H17ClN4O3. The van der Waals surface area contributed by atoms with Crippen LogP contribution in [-0.4, -0.2) is 36.3 Å². The second kappa shape index (κ2) is 8.96. The van der Waals surface area contributed by atoms with Gasteiger partial charge >= 0.3 is 0 Å². The SMILES string of the molecule is COc1cc(/C=N/NC(=O)c2cncc(-c3cccc(Cl)c3)n2)cc(OC)c1. The lowest BCUT2D eigenvalue weighted by Crippen LogP contribution is -2.19. The van der Waals surface area contributed by atoms with Gasteiger partial charge in [-0.2, -0.15) is 5.10 Å². The molecule has 0 saturated carbocycles. The van der Waals surface area contributed by atoms with Gasteiger partial charge in [0.05, 0.1) is 38.5 Å². The standard InChI is InChI=1S/C20H17ClN4O3/c1-27-16-6-13(7-17(9-16)28-2)10-23-25-20(26)19-12-22-11-18(24-19)14-4-3-5-15(21)8-14/h3-12H,1-2H3,(H,25,26)/b23-10+. The minimum atomic E-state index is -0.484. The lowest BCUT2D eigenvalue weighted by atomic mass is 10.1. The monoisotopic (exact) mass is 396 g/mol. The molecule has 0 spiro atoms. The van der Waals surface area contributed by atoms with Crippen LogP contribution in [0.4, 0.5) is 0 Å². The zero-order chi connectivity index (χ0) is 19.9. The predicted octanol–water partition coefficient (Wildman–Crippen LogP) is 3.58. The lowest BCUT2D eigenvalue weighted by Gasteiger charge is -2.06. The van der Waals surface area contributed by atoms with Crippen molar-refractivity contribution in [2.75, 3.05) is 14.2 Å². The molecule has 3 rings (SSSR count). The molecule has 0 bridgehead atoms. The van der Waals surface area contributed by atoms with E-state index in [2.05, 4.69) is 20.5 Å². The molecule has 1 N–H and O–H groups in total. The Morgan fingerprint density at radius 3 is 2.54 bits per heavy atom. The zero-order valence-corrected chi connectivity index (χ0v) is 16.0. The molecule has 2 aromatic carbocycles. The first kappa shape index (κ1) is 19.3. The average Bonchev–Trinajstić information content (AvgIpc) is 2.73. The molecule has 0 saturated heterocycles. The van der Waals surface area contributed by atoms with E-state index in [1.807, 2.05) is 6.07 Å². The molecule has 1 aromatic heterocycles. The second-order valence-corrected chi connectivity index (χ2v) is 6.08. The van der Waals surface area contributed by atoms with Crippen molar-refractivity contribution in [3.05, 3.63) is 71.1 Å². The van der Waals surface area contributed by atoms with Gasteiger partial charge in [-0.15, -0.1) is 0 Å². The molecule has 1 heterocycles.